The lowest BCUT2D eigenvalue weighted by molar-refractivity contribution is 1.18. The van der Waals surface area contributed by atoms with Crippen LogP contribution in [0.25, 0.3) is 104 Å². The lowest BCUT2D eigenvalue weighted by Gasteiger charge is -2.25. The van der Waals surface area contributed by atoms with Gasteiger partial charge >= 0.3 is 0 Å². The lowest BCUT2D eigenvalue weighted by Crippen LogP contribution is -2.09. The van der Waals surface area contributed by atoms with Gasteiger partial charge in [0.15, 0.2) is 0 Å². The average Bonchev–Trinajstić information content (AvgIpc) is 3.74. The Bertz CT molecular complexity index is 3880. The van der Waals surface area contributed by atoms with Crippen LogP contribution in [0.15, 0.2) is 267 Å². The van der Waals surface area contributed by atoms with E-state index >= 15 is 0 Å². The van der Waals surface area contributed by atoms with Crippen LogP contribution in [0.1, 0.15) is 0 Å². The number of aromatic nitrogens is 1. The molecule has 0 radical (unpaired) electrons. The smallest absolute Gasteiger partial charge is 0.0541 e. The summed E-state index contributed by atoms with van der Waals surface area (Å²) < 4.78 is 2.44. The van der Waals surface area contributed by atoms with E-state index < -0.39 is 0 Å². The summed E-state index contributed by atoms with van der Waals surface area (Å²) >= 11 is 0. The molecular formula is C66H44N2. The molecule has 0 fully saturated rings. The molecule has 2 heteroatoms. The van der Waals surface area contributed by atoms with Gasteiger partial charge in [0.1, 0.15) is 0 Å². The first-order valence-electron chi connectivity index (χ1n) is 23.4. The van der Waals surface area contributed by atoms with E-state index in [-0.39, 0.29) is 0 Å². The third-order valence-electron chi connectivity index (χ3n) is 13.8. The Morgan fingerprint density at radius 3 is 1.24 bits per heavy atom. The number of rotatable bonds is 8. The van der Waals surface area contributed by atoms with Crippen molar-refractivity contribution in [3.63, 3.8) is 0 Å². The summed E-state index contributed by atoms with van der Waals surface area (Å²) in [5.74, 6) is 0. The first-order chi connectivity index (χ1) is 33.7. The molecule has 1 aromatic heterocycles. The van der Waals surface area contributed by atoms with Gasteiger partial charge < -0.3 is 9.47 Å². The van der Waals surface area contributed by atoms with Crippen LogP contribution in [0.2, 0.25) is 0 Å². The van der Waals surface area contributed by atoms with Crippen LogP contribution in [0, 0.1) is 0 Å². The van der Waals surface area contributed by atoms with Crippen molar-refractivity contribution < 1.29 is 0 Å². The van der Waals surface area contributed by atoms with Crippen molar-refractivity contribution >= 4 is 71.2 Å². The van der Waals surface area contributed by atoms with Gasteiger partial charge in [-0.2, -0.15) is 0 Å². The number of anilines is 3. The van der Waals surface area contributed by atoms with E-state index in [0.29, 0.717) is 0 Å². The van der Waals surface area contributed by atoms with Gasteiger partial charge in [0.05, 0.1) is 11.0 Å². The topological polar surface area (TPSA) is 8.17 Å². The molecule has 12 aromatic carbocycles. The van der Waals surface area contributed by atoms with Gasteiger partial charge in [0.25, 0.3) is 0 Å². The van der Waals surface area contributed by atoms with Gasteiger partial charge in [-0.15, -0.1) is 0 Å². The van der Waals surface area contributed by atoms with Crippen LogP contribution in [0.3, 0.4) is 0 Å². The standard InChI is InChI=1S/C66H44N2/c1-4-18-47(19-5-1)65-57-26-12-14-28-59(57)66(60-29-15-13-27-58(60)65)48-33-39-54(40-34-48)68-63-41-35-49(45-31-37-53(38-32-45)67(51-21-6-2-7-22-51)52-23-8-3-9-24-52)43-61(63)62-44-50(36-42-64(62)68)56-30-16-20-46-17-10-11-25-55(46)56/h1-44H. The van der Waals surface area contributed by atoms with E-state index in [1.165, 1.54) is 98.6 Å². The molecule has 0 aliphatic heterocycles. The van der Waals surface area contributed by atoms with Gasteiger partial charge in [-0.25, -0.2) is 0 Å². The molecule has 0 bridgehead atoms. The number of fused-ring (bicyclic) bond motifs is 6. The van der Waals surface area contributed by atoms with E-state index in [1.54, 1.807) is 0 Å². The Labute approximate surface area is 395 Å². The number of hydrogen-bond donors (Lipinski definition) is 0. The van der Waals surface area contributed by atoms with Crippen LogP contribution < -0.4 is 4.90 Å². The van der Waals surface area contributed by atoms with Crippen LogP contribution in [0.5, 0.6) is 0 Å². The van der Waals surface area contributed by atoms with Crippen molar-refractivity contribution in [2.75, 3.05) is 4.90 Å². The summed E-state index contributed by atoms with van der Waals surface area (Å²) in [4.78, 5) is 2.31. The minimum Gasteiger partial charge on any atom is -0.311 e. The van der Waals surface area contributed by atoms with Gasteiger partial charge in [-0.3, -0.25) is 0 Å². The SMILES string of the molecule is c1ccc(-c2c3ccccc3c(-c3ccc(-n4c5ccc(-c6ccc(N(c7ccccc7)c7ccccc7)cc6)cc5c5cc(-c6cccc7ccccc67)ccc54)cc3)c3ccccc23)cc1. The van der Waals surface area contributed by atoms with Gasteiger partial charge in [-0.1, -0.05) is 194 Å². The molecule has 0 unspecified atom stereocenters. The molecule has 68 heavy (non-hydrogen) atoms. The number of benzene rings is 12. The quantitative estimate of drug-likeness (QED) is 0.138. The van der Waals surface area contributed by atoms with Crippen LogP contribution >= 0.6 is 0 Å². The fraction of sp³-hybridized carbons (Fsp3) is 0. The third-order valence-corrected chi connectivity index (χ3v) is 13.8. The Balaban J connectivity index is 0.959. The van der Waals surface area contributed by atoms with E-state index in [4.69, 9.17) is 0 Å². The van der Waals surface area contributed by atoms with Crippen LogP contribution in [-0.4, -0.2) is 4.57 Å². The van der Waals surface area contributed by atoms with Crippen LogP contribution in [-0.2, 0) is 0 Å². The Morgan fingerprint density at radius 2 is 0.662 bits per heavy atom. The third kappa shape index (κ3) is 6.65. The first-order valence-corrected chi connectivity index (χ1v) is 23.4. The molecule has 13 rings (SSSR count). The maximum Gasteiger partial charge on any atom is 0.0541 e. The highest BCUT2D eigenvalue weighted by atomic mass is 15.1. The average molecular weight is 865 g/mol. The second kappa shape index (κ2) is 16.5. The first kappa shape index (κ1) is 39.4. The molecule has 0 atom stereocenters. The molecule has 13 aromatic rings. The molecule has 2 nitrogen and oxygen atoms in total. The second-order valence-electron chi connectivity index (χ2n) is 17.6. The van der Waals surface area contributed by atoms with Crippen LogP contribution in [0.4, 0.5) is 17.1 Å². The molecule has 0 N–H and O–H groups in total. The summed E-state index contributed by atoms with van der Waals surface area (Å²) in [5.41, 5.74) is 16.6. The van der Waals surface area contributed by atoms with Crippen molar-refractivity contribution in [1.29, 1.82) is 0 Å². The Hall–Kier alpha value is -8.98. The molecule has 318 valence electrons. The van der Waals surface area contributed by atoms with Crippen molar-refractivity contribution in [3.8, 4) is 50.2 Å². The highest BCUT2D eigenvalue weighted by molar-refractivity contribution is 6.21. The number of nitrogens with zero attached hydrogens (tertiary/aromatic N) is 2. The van der Waals surface area contributed by atoms with E-state index in [0.717, 1.165) is 22.7 Å². The molecular weight excluding hydrogens is 821 g/mol. The normalized spacial score (nSPS) is 11.5. The molecule has 0 saturated heterocycles. The zero-order valence-corrected chi connectivity index (χ0v) is 37.3. The predicted molar refractivity (Wildman–Crippen MR) is 290 cm³/mol. The highest BCUT2D eigenvalue weighted by Gasteiger charge is 2.19. The molecule has 0 saturated carbocycles. The monoisotopic (exact) mass is 864 g/mol. The second-order valence-corrected chi connectivity index (χ2v) is 17.6. The fourth-order valence-corrected chi connectivity index (χ4v) is 10.7. The Morgan fingerprint density at radius 1 is 0.250 bits per heavy atom. The Kier molecular flexibility index (Phi) is 9.54. The number of hydrogen-bond acceptors (Lipinski definition) is 1. The summed E-state index contributed by atoms with van der Waals surface area (Å²) in [5, 5.41) is 9.97. The maximum atomic E-state index is 2.44. The lowest BCUT2D eigenvalue weighted by atomic mass is 9.86. The van der Waals surface area contributed by atoms with E-state index in [2.05, 4.69) is 276 Å². The zero-order chi connectivity index (χ0) is 45.0. The predicted octanol–water partition coefficient (Wildman–Crippen LogP) is 18.4. The van der Waals surface area contributed by atoms with E-state index in [9.17, 15) is 0 Å². The van der Waals surface area contributed by atoms with Gasteiger partial charge in [0.2, 0.25) is 0 Å². The van der Waals surface area contributed by atoms with Crippen molar-refractivity contribution in [2.45, 2.75) is 0 Å². The molecule has 0 amide bonds. The number of para-hydroxylation sites is 2. The van der Waals surface area contributed by atoms with Crippen molar-refractivity contribution in [3.05, 3.63) is 267 Å². The minimum atomic E-state index is 1.11. The largest absolute Gasteiger partial charge is 0.311 e. The molecule has 0 aliphatic carbocycles. The summed E-state index contributed by atoms with van der Waals surface area (Å²) in [6.07, 6.45) is 0. The van der Waals surface area contributed by atoms with Gasteiger partial charge in [0, 0.05) is 33.5 Å². The molecule has 1 heterocycles. The zero-order valence-electron chi connectivity index (χ0n) is 37.3. The highest BCUT2D eigenvalue weighted by Crippen LogP contribution is 2.45. The van der Waals surface area contributed by atoms with Crippen molar-refractivity contribution in [2.24, 2.45) is 0 Å². The maximum absolute atomic E-state index is 2.44. The summed E-state index contributed by atoms with van der Waals surface area (Å²) in [6, 6.07) is 97.4. The molecule has 0 aliphatic rings. The molecule has 0 spiro atoms. The van der Waals surface area contributed by atoms with Gasteiger partial charge in [-0.05, 0) is 150 Å². The summed E-state index contributed by atoms with van der Waals surface area (Å²) in [6.45, 7) is 0. The summed E-state index contributed by atoms with van der Waals surface area (Å²) in [7, 11) is 0. The van der Waals surface area contributed by atoms with Crippen molar-refractivity contribution in [1.82, 2.24) is 4.57 Å². The van der Waals surface area contributed by atoms with E-state index in [1.807, 2.05) is 0 Å². The minimum absolute atomic E-state index is 1.11. The fourth-order valence-electron chi connectivity index (χ4n) is 10.7.